The fourth-order valence-corrected chi connectivity index (χ4v) is 3.55. The molecular weight excluding hydrogens is 504 g/mol. The Bertz CT molecular complexity index is 1170. The number of rotatable bonds is 15. The summed E-state index contributed by atoms with van der Waals surface area (Å²) in [4.78, 5) is 61.8. The van der Waals surface area contributed by atoms with Crippen LogP contribution in [-0.4, -0.2) is 65.7 Å². The second kappa shape index (κ2) is 15.5. The van der Waals surface area contributed by atoms with Gasteiger partial charge in [-0.2, -0.15) is 0 Å². The lowest BCUT2D eigenvalue weighted by molar-refractivity contribution is -0.141. The zero-order chi connectivity index (χ0) is 28.8. The molecule has 0 unspecified atom stereocenters. The summed E-state index contributed by atoms with van der Waals surface area (Å²) in [6.45, 7) is 2.22. The van der Waals surface area contributed by atoms with Gasteiger partial charge in [-0.3, -0.25) is 29.4 Å². The molecule has 0 radical (unpaired) electrons. The van der Waals surface area contributed by atoms with E-state index in [-0.39, 0.29) is 25.2 Å². The predicted octanol–water partition coefficient (Wildman–Crippen LogP) is 0.304. The molecule has 0 saturated heterocycles. The Morgan fingerprint density at radius 1 is 0.846 bits per heavy atom. The van der Waals surface area contributed by atoms with Crippen LogP contribution < -0.4 is 27.0 Å². The van der Waals surface area contributed by atoms with E-state index < -0.39 is 48.1 Å². The molecule has 208 valence electrons. The van der Waals surface area contributed by atoms with Crippen LogP contribution in [0.15, 0.2) is 54.6 Å². The maximum atomic E-state index is 13.0. The Balaban J connectivity index is 1.98. The minimum atomic E-state index is -1.43. The molecule has 0 saturated carbocycles. The third-order valence-corrected chi connectivity index (χ3v) is 5.59. The Morgan fingerprint density at radius 3 is 2.08 bits per heavy atom. The van der Waals surface area contributed by atoms with Crippen molar-refractivity contribution in [2.24, 2.45) is 5.73 Å². The van der Waals surface area contributed by atoms with Gasteiger partial charge in [0.15, 0.2) is 0 Å². The Morgan fingerprint density at radius 2 is 1.49 bits per heavy atom. The van der Waals surface area contributed by atoms with E-state index in [1.807, 2.05) is 13.0 Å². The molecule has 2 atom stereocenters. The number of amidine groups is 1. The van der Waals surface area contributed by atoms with Crippen molar-refractivity contribution < 1.29 is 29.1 Å². The van der Waals surface area contributed by atoms with Crippen LogP contribution in [0.1, 0.15) is 47.7 Å². The fraction of sp³-hybridized carbons (Fsp3) is 0.333. The molecule has 2 aromatic carbocycles. The number of carbonyl (C=O) groups is 5. The molecule has 0 aliphatic rings. The Hall–Kier alpha value is -4.74. The summed E-state index contributed by atoms with van der Waals surface area (Å²) < 4.78 is 0. The Labute approximate surface area is 226 Å². The van der Waals surface area contributed by atoms with E-state index in [1.54, 1.807) is 24.3 Å². The third-order valence-electron chi connectivity index (χ3n) is 5.59. The number of amides is 4. The number of hydrogen-bond acceptors (Lipinski definition) is 6. The number of nitrogen functional groups attached to an aromatic ring is 1. The molecule has 0 aliphatic carbocycles. The highest BCUT2D eigenvalue weighted by atomic mass is 16.4. The molecule has 12 heteroatoms. The second-order valence-corrected chi connectivity index (χ2v) is 8.76. The highest BCUT2D eigenvalue weighted by Crippen LogP contribution is 2.06. The summed E-state index contributed by atoms with van der Waals surface area (Å²) in [7, 11) is 0. The van der Waals surface area contributed by atoms with Crippen LogP contribution in [0.4, 0.5) is 0 Å². The van der Waals surface area contributed by atoms with Gasteiger partial charge < -0.3 is 32.1 Å². The van der Waals surface area contributed by atoms with Crippen molar-refractivity contribution in [1.29, 1.82) is 5.41 Å². The van der Waals surface area contributed by atoms with Gasteiger partial charge in [-0.1, -0.05) is 49.4 Å². The minimum Gasteiger partial charge on any atom is -0.481 e. The number of hydrogen-bond donors (Lipinski definition) is 7. The average Bonchev–Trinajstić information content (AvgIpc) is 2.91. The van der Waals surface area contributed by atoms with E-state index in [0.29, 0.717) is 24.1 Å². The van der Waals surface area contributed by atoms with Crippen molar-refractivity contribution in [3.8, 4) is 0 Å². The second-order valence-electron chi connectivity index (χ2n) is 8.76. The van der Waals surface area contributed by atoms with Crippen molar-refractivity contribution in [2.45, 2.75) is 44.7 Å². The lowest BCUT2D eigenvalue weighted by Crippen LogP contribution is -2.55. The zero-order valence-corrected chi connectivity index (χ0v) is 21.7. The monoisotopic (exact) mass is 538 g/mol. The first-order chi connectivity index (χ1) is 18.6. The van der Waals surface area contributed by atoms with E-state index in [0.717, 1.165) is 5.56 Å². The smallest absolute Gasteiger partial charge is 0.305 e. The molecule has 2 rings (SSSR count). The van der Waals surface area contributed by atoms with Gasteiger partial charge >= 0.3 is 5.97 Å². The first-order valence-electron chi connectivity index (χ1n) is 12.5. The fourth-order valence-electron chi connectivity index (χ4n) is 3.55. The zero-order valence-electron chi connectivity index (χ0n) is 21.7. The lowest BCUT2D eigenvalue weighted by Gasteiger charge is -2.22. The number of aliphatic carboxylic acids is 1. The van der Waals surface area contributed by atoms with Crippen molar-refractivity contribution in [3.05, 3.63) is 71.3 Å². The first-order valence-corrected chi connectivity index (χ1v) is 12.5. The summed E-state index contributed by atoms with van der Waals surface area (Å²) in [5, 5.41) is 26.9. The molecule has 0 spiro atoms. The van der Waals surface area contributed by atoms with Crippen LogP contribution in [0, 0.1) is 5.41 Å². The van der Waals surface area contributed by atoms with Crippen LogP contribution in [-0.2, 0) is 25.6 Å². The van der Waals surface area contributed by atoms with Crippen molar-refractivity contribution >= 4 is 35.4 Å². The summed E-state index contributed by atoms with van der Waals surface area (Å²) in [5.74, 6) is -3.79. The molecular formula is C27H34N6O6. The largest absolute Gasteiger partial charge is 0.481 e. The van der Waals surface area contributed by atoms with E-state index in [1.165, 1.54) is 24.3 Å². The maximum Gasteiger partial charge on any atom is 0.305 e. The van der Waals surface area contributed by atoms with Crippen LogP contribution in [0.25, 0.3) is 0 Å². The molecule has 0 aliphatic heterocycles. The lowest BCUT2D eigenvalue weighted by atomic mass is 10.0. The van der Waals surface area contributed by atoms with E-state index in [2.05, 4.69) is 21.3 Å². The molecule has 4 amide bonds. The van der Waals surface area contributed by atoms with Gasteiger partial charge in [0, 0.05) is 37.1 Å². The van der Waals surface area contributed by atoms with Gasteiger partial charge in [0.2, 0.25) is 17.7 Å². The van der Waals surface area contributed by atoms with Crippen LogP contribution in [0.2, 0.25) is 0 Å². The van der Waals surface area contributed by atoms with Crippen LogP contribution in [0.5, 0.6) is 0 Å². The molecule has 0 bridgehead atoms. The highest BCUT2D eigenvalue weighted by Gasteiger charge is 2.28. The van der Waals surface area contributed by atoms with Crippen molar-refractivity contribution in [2.75, 3.05) is 13.1 Å². The summed E-state index contributed by atoms with van der Waals surface area (Å²) in [6, 6.07) is 12.6. The molecule has 12 nitrogen and oxygen atoms in total. The molecule has 8 N–H and O–H groups in total. The average molecular weight is 539 g/mol. The molecule has 0 heterocycles. The topological polar surface area (TPSA) is 204 Å². The highest BCUT2D eigenvalue weighted by molar-refractivity contribution is 5.98. The number of nitrogens with one attached hydrogen (secondary N) is 5. The molecule has 0 fully saturated rings. The standard InChI is InChI=1S/C27H34N6O6/c1-2-13-30-26(38)20(15-17-6-4-3-5-7-17)33-27(39)21(16-23(35)36)32-22(34)12-14-31-25(37)19-10-8-18(9-11-19)24(28)29/h3-11,20-21H,2,12-16H2,1H3,(H3,28,29)(H,30,38)(H,31,37)(H,32,34)(H,33,39)(H,35,36)/t20-,21-/m0/s1. The normalized spacial score (nSPS) is 11.9. The predicted molar refractivity (Wildman–Crippen MR) is 144 cm³/mol. The molecule has 0 aromatic heterocycles. The van der Waals surface area contributed by atoms with Gasteiger partial charge in [0.1, 0.15) is 17.9 Å². The number of carbonyl (C=O) groups excluding carboxylic acids is 4. The third kappa shape index (κ3) is 10.6. The Kier molecular flexibility index (Phi) is 12.1. The quantitative estimate of drug-likeness (QED) is 0.125. The van der Waals surface area contributed by atoms with E-state index in [9.17, 15) is 29.1 Å². The van der Waals surface area contributed by atoms with Gasteiger partial charge in [-0.15, -0.1) is 0 Å². The summed E-state index contributed by atoms with van der Waals surface area (Å²) in [6.07, 6.45) is -0.0445. The number of benzene rings is 2. The van der Waals surface area contributed by atoms with Gasteiger partial charge in [0.05, 0.1) is 6.42 Å². The molecule has 39 heavy (non-hydrogen) atoms. The van der Waals surface area contributed by atoms with Crippen molar-refractivity contribution in [1.82, 2.24) is 21.3 Å². The van der Waals surface area contributed by atoms with Crippen LogP contribution in [0.3, 0.4) is 0 Å². The SMILES string of the molecule is CCCNC(=O)[C@H](Cc1ccccc1)NC(=O)[C@H](CC(=O)O)NC(=O)CCNC(=O)c1ccc(C(=N)N)cc1. The van der Waals surface area contributed by atoms with Gasteiger partial charge in [-0.25, -0.2) is 0 Å². The molecule has 2 aromatic rings. The number of carboxylic acids is 1. The number of carboxylic acid groups (broad SMARTS) is 1. The van der Waals surface area contributed by atoms with Crippen molar-refractivity contribution in [3.63, 3.8) is 0 Å². The van der Waals surface area contributed by atoms with Crippen LogP contribution >= 0.6 is 0 Å². The minimum absolute atomic E-state index is 0.0728. The van der Waals surface area contributed by atoms with E-state index >= 15 is 0 Å². The van der Waals surface area contributed by atoms with Gasteiger partial charge in [-0.05, 0) is 24.1 Å². The summed E-state index contributed by atoms with van der Waals surface area (Å²) >= 11 is 0. The van der Waals surface area contributed by atoms with Gasteiger partial charge in [0.25, 0.3) is 5.91 Å². The maximum absolute atomic E-state index is 13.0. The van der Waals surface area contributed by atoms with E-state index in [4.69, 9.17) is 11.1 Å². The number of nitrogens with two attached hydrogens (primary N) is 1. The first kappa shape index (κ1) is 30.5. The summed E-state index contributed by atoms with van der Waals surface area (Å²) in [5.41, 5.74) is 6.95.